The molecule has 0 radical (unpaired) electrons. The minimum absolute atomic E-state index is 0.373. The van der Waals surface area contributed by atoms with Crippen molar-refractivity contribution in [1.29, 1.82) is 0 Å². The van der Waals surface area contributed by atoms with Crippen LogP contribution in [0.25, 0.3) is 0 Å². The van der Waals surface area contributed by atoms with Crippen LogP contribution in [0.4, 0.5) is 0 Å². The van der Waals surface area contributed by atoms with E-state index in [-0.39, 0.29) is 5.54 Å². The lowest BCUT2D eigenvalue weighted by atomic mass is 9.83. The molecule has 5 heteroatoms. The van der Waals surface area contributed by atoms with Gasteiger partial charge in [-0.25, -0.2) is 0 Å². The fraction of sp³-hybridized carbons (Fsp3) is 0.833. The molecule has 17 heavy (non-hydrogen) atoms. The number of fused-ring (bicyclic) bond motifs is 1. The van der Waals surface area contributed by atoms with Crippen LogP contribution >= 0.6 is 0 Å². The van der Waals surface area contributed by atoms with Gasteiger partial charge in [0.1, 0.15) is 0 Å². The molecule has 3 heterocycles. The maximum atomic E-state index is 6.49. The van der Waals surface area contributed by atoms with Gasteiger partial charge in [-0.2, -0.15) is 4.98 Å². The fourth-order valence-corrected chi connectivity index (χ4v) is 3.09. The molecule has 2 unspecified atom stereocenters. The van der Waals surface area contributed by atoms with E-state index in [2.05, 4.69) is 15.0 Å². The third-order valence-electron chi connectivity index (χ3n) is 4.16. The van der Waals surface area contributed by atoms with Gasteiger partial charge in [0.15, 0.2) is 5.82 Å². The Hall–Kier alpha value is -0.940. The van der Waals surface area contributed by atoms with Gasteiger partial charge in [0.2, 0.25) is 5.89 Å². The standard InChI is InChI=1S/C12H20N4O/c1-2-10-14-11(15-17-10)12(13)5-7-16-6-3-4-9(16)8-12/h9H,2-8,13H2,1H3. The van der Waals surface area contributed by atoms with Gasteiger partial charge in [-0.05, 0) is 32.2 Å². The van der Waals surface area contributed by atoms with Crippen LogP contribution in [0.2, 0.25) is 0 Å². The summed E-state index contributed by atoms with van der Waals surface area (Å²) in [6, 6.07) is 0.623. The first-order chi connectivity index (χ1) is 8.21. The first-order valence-electron chi connectivity index (χ1n) is 6.57. The minimum atomic E-state index is -0.373. The fourth-order valence-electron chi connectivity index (χ4n) is 3.09. The number of hydrogen-bond donors (Lipinski definition) is 1. The summed E-state index contributed by atoms with van der Waals surface area (Å²) in [6.07, 6.45) is 5.24. The number of aromatic nitrogens is 2. The van der Waals surface area contributed by atoms with Gasteiger partial charge >= 0.3 is 0 Å². The predicted molar refractivity (Wildman–Crippen MR) is 63.4 cm³/mol. The number of nitrogens with zero attached hydrogens (tertiary/aromatic N) is 3. The van der Waals surface area contributed by atoms with Crippen molar-refractivity contribution in [1.82, 2.24) is 15.0 Å². The zero-order valence-corrected chi connectivity index (χ0v) is 10.4. The first-order valence-corrected chi connectivity index (χ1v) is 6.57. The predicted octanol–water partition coefficient (Wildman–Crippen LogP) is 1.04. The van der Waals surface area contributed by atoms with Crippen LogP contribution in [0.5, 0.6) is 0 Å². The molecule has 2 atom stereocenters. The highest BCUT2D eigenvalue weighted by atomic mass is 16.5. The van der Waals surface area contributed by atoms with Gasteiger partial charge < -0.3 is 15.2 Å². The monoisotopic (exact) mass is 236 g/mol. The zero-order chi connectivity index (χ0) is 11.9. The minimum Gasteiger partial charge on any atom is -0.339 e. The maximum absolute atomic E-state index is 6.49. The van der Waals surface area contributed by atoms with E-state index < -0.39 is 0 Å². The van der Waals surface area contributed by atoms with Crippen LogP contribution in [-0.2, 0) is 12.0 Å². The number of rotatable bonds is 2. The van der Waals surface area contributed by atoms with E-state index >= 15 is 0 Å². The molecule has 1 aromatic heterocycles. The van der Waals surface area contributed by atoms with Crippen LogP contribution in [0.3, 0.4) is 0 Å². The van der Waals surface area contributed by atoms with E-state index in [1.165, 1.54) is 19.4 Å². The van der Waals surface area contributed by atoms with Crippen molar-refractivity contribution in [3.05, 3.63) is 11.7 Å². The second kappa shape index (κ2) is 4.07. The summed E-state index contributed by atoms with van der Waals surface area (Å²) >= 11 is 0. The van der Waals surface area contributed by atoms with Crippen molar-refractivity contribution in [2.45, 2.75) is 50.6 Å². The third-order valence-corrected chi connectivity index (χ3v) is 4.16. The van der Waals surface area contributed by atoms with E-state index in [1.807, 2.05) is 6.92 Å². The Labute approximate surface area is 101 Å². The molecular formula is C12H20N4O. The van der Waals surface area contributed by atoms with Gasteiger partial charge in [0.25, 0.3) is 0 Å². The zero-order valence-electron chi connectivity index (χ0n) is 10.4. The molecule has 2 N–H and O–H groups in total. The molecule has 2 fully saturated rings. The molecule has 0 amide bonds. The van der Waals surface area contributed by atoms with Crippen LogP contribution in [0, 0.1) is 0 Å². The SMILES string of the molecule is CCc1nc(C2(N)CCN3CCCC3C2)no1. The van der Waals surface area contributed by atoms with Crippen molar-refractivity contribution < 1.29 is 4.52 Å². The van der Waals surface area contributed by atoms with Crippen molar-refractivity contribution in [2.75, 3.05) is 13.1 Å². The quantitative estimate of drug-likeness (QED) is 0.831. The van der Waals surface area contributed by atoms with E-state index in [0.717, 1.165) is 25.8 Å². The largest absolute Gasteiger partial charge is 0.339 e. The molecule has 2 aliphatic rings. The summed E-state index contributed by atoms with van der Waals surface area (Å²) < 4.78 is 5.19. The molecule has 0 aliphatic carbocycles. The average molecular weight is 236 g/mol. The normalized spacial score (nSPS) is 33.9. The molecule has 0 aromatic carbocycles. The molecule has 0 saturated carbocycles. The summed E-state index contributed by atoms with van der Waals surface area (Å²) in [4.78, 5) is 6.96. The number of hydrogen-bond acceptors (Lipinski definition) is 5. The molecule has 0 spiro atoms. The summed E-state index contributed by atoms with van der Waals surface area (Å²) in [5.41, 5.74) is 6.12. The summed E-state index contributed by atoms with van der Waals surface area (Å²) in [5.74, 6) is 1.40. The Balaban J connectivity index is 1.81. The van der Waals surface area contributed by atoms with Crippen molar-refractivity contribution in [2.24, 2.45) is 5.73 Å². The number of nitrogens with two attached hydrogens (primary N) is 1. The van der Waals surface area contributed by atoms with Crippen molar-refractivity contribution in [3.8, 4) is 0 Å². The van der Waals surface area contributed by atoms with E-state index in [4.69, 9.17) is 10.3 Å². The lowest BCUT2D eigenvalue weighted by Crippen LogP contribution is -2.51. The number of aryl methyl sites for hydroxylation is 1. The van der Waals surface area contributed by atoms with Gasteiger partial charge in [-0.3, -0.25) is 0 Å². The Morgan fingerprint density at radius 3 is 3.18 bits per heavy atom. The van der Waals surface area contributed by atoms with Crippen LogP contribution in [0.1, 0.15) is 44.3 Å². The van der Waals surface area contributed by atoms with E-state index in [9.17, 15) is 0 Å². The molecule has 5 nitrogen and oxygen atoms in total. The molecular weight excluding hydrogens is 216 g/mol. The summed E-state index contributed by atoms with van der Waals surface area (Å²) in [7, 11) is 0. The van der Waals surface area contributed by atoms with E-state index in [0.29, 0.717) is 17.8 Å². The molecule has 2 aliphatic heterocycles. The summed E-state index contributed by atoms with van der Waals surface area (Å²) in [6.45, 7) is 4.31. The third kappa shape index (κ3) is 1.87. The molecule has 1 aromatic rings. The van der Waals surface area contributed by atoms with Gasteiger partial charge in [0.05, 0.1) is 5.54 Å². The average Bonchev–Trinajstić information content (AvgIpc) is 2.96. The van der Waals surface area contributed by atoms with Gasteiger partial charge in [-0.15, -0.1) is 0 Å². The topological polar surface area (TPSA) is 68.2 Å². The maximum Gasteiger partial charge on any atom is 0.226 e. The second-order valence-electron chi connectivity index (χ2n) is 5.31. The Morgan fingerprint density at radius 2 is 2.41 bits per heavy atom. The Morgan fingerprint density at radius 1 is 1.53 bits per heavy atom. The Bertz CT molecular complexity index is 405. The lowest BCUT2D eigenvalue weighted by molar-refractivity contribution is 0.124. The smallest absolute Gasteiger partial charge is 0.226 e. The molecule has 2 saturated heterocycles. The summed E-state index contributed by atoms with van der Waals surface area (Å²) in [5, 5.41) is 4.07. The first kappa shape index (κ1) is 11.2. The van der Waals surface area contributed by atoms with Crippen molar-refractivity contribution >= 4 is 0 Å². The molecule has 3 rings (SSSR count). The molecule has 94 valence electrons. The highest BCUT2D eigenvalue weighted by molar-refractivity contribution is 5.09. The van der Waals surface area contributed by atoms with Crippen LogP contribution in [-0.4, -0.2) is 34.2 Å². The number of piperidine rings is 1. The molecule has 0 bridgehead atoms. The van der Waals surface area contributed by atoms with Gasteiger partial charge in [-0.1, -0.05) is 12.1 Å². The highest BCUT2D eigenvalue weighted by Gasteiger charge is 2.42. The highest BCUT2D eigenvalue weighted by Crippen LogP contribution is 2.36. The van der Waals surface area contributed by atoms with E-state index in [1.54, 1.807) is 0 Å². The second-order valence-corrected chi connectivity index (χ2v) is 5.31. The van der Waals surface area contributed by atoms with Crippen molar-refractivity contribution in [3.63, 3.8) is 0 Å². The van der Waals surface area contributed by atoms with Crippen LogP contribution in [0.15, 0.2) is 4.52 Å². The lowest BCUT2D eigenvalue weighted by Gasteiger charge is -2.39. The van der Waals surface area contributed by atoms with Gasteiger partial charge in [0, 0.05) is 19.0 Å². The Kier molecular flexibility index (Phi) is 2.67. The van der Waals surface area contributed by atoms with Crippen LogP contribution < -0.4 is 5.73 Å².